The second-order valence-electron chi connectivity index (χ2n) is 7.29. The van der Waals surface area contributed by atoms with Crippen LogP contribution in [0.15, 0.2) is 48.5 Å². The van der Waals surface area contributed by atoms with E-state index < -0.39 is 0 Å². The molecule has 0 bridgehead atoms. The molecule has 0 saturated carbocycles. The molecule has 2 aromatic carbocycles. The van der Waals surface area contributed by atoms with Crippen molar-refractivity contribution in [1.29, 1.82) is 0 Å². The number of benzene rings is 2. The van der Waals surface area contributed by atoms with E-state index >= 15 is 0 Å². The van der Waals surface area contributed by atoms with E-state index in [1.54, 1.807) is 0 Å². The normalized spacial score (nSPS) is 22.3. The number of fused-ring (bicyclic) bond motifs is 2. The van der Waals surface area contributed by atoms with Crippen LogP contribution in [0.1, 0.15) is 46.1 Å². The number of ether oxygens (including phenoxy) is 1. The Kier molecular flexibility index (Phi) is 3.61. The van der Waals surface area contributed by atoms with Gasteiger partial charge in [0.1, 0.15) is 0 Å². The van der Waals surface area contributed by atoms with Gasteiger partial charge in [-0.3, -0.25) is 4.79 Å². The van der Waals surface area contributed by atoms with Gasteiger partial charge in [0, 0.05) is 40.9 Å². The molecule has 132 valence electrons. The first kappa shape index (κ1) is 15.6. The predicted octanol–water partition coefficient (Wildman–Crippen LogP) is 4.20. The first-order valence-electron chi connectivity index (χ1n) is 9.33. The van der Waals surface area contributed by atoms with Crippen molar-refractivity contribution in [3.05, 3.63) is 70.9 Å². The summed E-state index contributed by atoms with van der Waals surface area (Å²) < 4.78 is 5.84. The summed E-state index contributed by atoms with van der Waals surface area (Å²) in [6.45, 7) is 3.55. The lowest BCUT2D eigenvalue weighted by Gasteiger charge is -2.28. The van der Waals surface area contributed by atoms with Gasteiger partial charge in [-0.1, -0.05) is 36.4 Å². The highest BCUT2D eigenvalue weighted by atomic mass is 16.5. The molecule has 4 nitrogen and oxygen atoms in total. The number of hydrogen-bond acceptors (Lipinski definition) is 2. The van der Waals surface area contributed by atoms with Crippen molar-refractivity contribution in [2.24, 2.45) is 0 Å². The Bertz CT molecular complexity index is 985. The molecule has 1 saturated heterocycles. The number of hydrogen-bond donors (Lipinski definition) is 1. The standard InChI is InChI=1S/C22H22N2O2/c1-14-20(18-10-4-5-11-19(18)23-14)21-16-8-2-3-9-17(16)22(25)24(21)13-15-7-6-12-26-15/h2-5,8-11,15,21,23H,6-7,12-13H2,1H3/t15-,21+/m0/s1. The maximum absolute atomic E-state index is 13.2. The Morgan fingerprint density at radius 3 is 2.81 bits per heavy atom. The van der Waals surface area contributed by atoms with Crippen molar-refractivity contribution in [3.8, 4) is 0 Å². The summed E-state index contributed by atoms with van der Waals surface area (Å²) in [6, 6.07) is 16.3. The van der Waals surface area contributed by atoms with Crippen LogP contribution in [-0.4, -0.2) is 35.0 Å². The molecule has 0 aliphatic carbocycles. The molecule has 4 heteroatoms. The van der Waals surface area contributed by atoms with E-state index in [1.165, 1.54) is 10.9 Å². The third-order valence-corrected chi connectivity index (χ3v) is 5.70. The summed E-state index contributed by atoms with van der Waals surface area (Å²) >= 11 is 0. The topological polar surface area (TPSA) is 45.3 Å². The van der Waals surface area contributed by atoms with E-state index in [0.29, 0.717) is 6.54 Å². The molecular formula is C22H22N2O2. The average Bonchev–Trinajstić information content (AvgIpc) is 3.34. The SMILES string of the molecule is Cc1[nH]c2ccccc2c1[C@H]1c2ccccc2C(=O)N1C[C@@H]1CCCO1. The van der Waals surface area contributed by atoms with Gasteiger partial charge < -0.3 is 14.6 Å². The quantitative estimate of drug-likeness (QED) is 0.772. The molecule has 3 aromatic rings. The first-order chi connectivity index (χ1) is 12.7. The van der Waals surface area contributed by atoms with Crippen LogP contribution in [0.3, 0.4) is 0 Å². The minimum Gasteiger partial charge on any atom is -0.376 e. The summed E-state index contributed by atoms with van der Waals surface area (Å²) in [5.74, 6) is 0.116. The highest BCUT2D eigenvalue weighted by Gasteiger charge is 2.40. The van der Waals surface area contributed by atoms with E-state index in [-0.39, 0.29) is 18.1 Å². The van der Waals surface area contributed by atoms with Gasteiger partial charge in [-0.15, -0.1) is 0 Å². The maximum Gasteiger partial charge on any atom is 0.255 e. The number of para-hydroxylation sites is 1. The van der Waals surface area contributed by atoms with Gasteiger partial charge in [0.2, 0.25) is 0 Å². The number of nitrogens with zero attached hydrogens (tertiary/aromatic N) is 1. The third kappa shape index (κ3) is 2.29. The number of amides is 1. The molecule has 1 N–H and O–H groups in total. The van der Waals surface area contributed by atoms with Crippen LogP contribution >= 0.6 is 0 Å². The van der Waals surface area contributed by atoms with Crippen LogP contribution in [-0.2, 0) is 4.74 Å². The van der Waals surface area contributed by atoms with E-state index in [4.69, 9.17) is 4.74 Å². The maximum atomic E-state index is 13.2. The number of carbonyl (C=O) groups excluding carboxylic acids is 1. The van der Waals surface area contributed by atoms with Crippen molar-refractivity contribution in [2.45, 2.75) is 31.9 Å². The number of aryl methyl sites for hydroxylation is 1. The molecule has 2 aliphatic rings. The fraction of sp³-hybridized carbons (Fsp3) is 0.318. The second kappa shape index (κ2) is 5.99. The van der Waals surface area contributed by atoms with Gasteiger partial charge in [-0.25, -0.2) is 0 Å². The van der Waals surface area contributed by atoms with E-state index in [2.05, 4.69) is 36.2 Å². The Labute approximate surface area is 152 Å². The van der Waals surface area contributed by atoms with Crippen LogP contribution in [0.2, 0.25) is 0 Å². The number of nitrogens with one attached hydrogen (secondary N) is 1. The molecule has 26 heavy (non-hydrogen) atoms. The summed E-state index contributed by atoms with van der Waals surface area (Å²) in [7, 11) is 0. The van der Waals surface area contributed by atoms with Crippen LogP contribution < -0.4 is 0 Å². The van der Waals surface area contributed by atoms with Gasteiger partial charge in [0.05, 0.1) is 12.1 Å². The third-order valence-electron chi connectivity index (χ3n) is 5.70. The molecule has 2 aliphatic heterocycles. The second-order valence-corrected chi connectivity index (χ2v) is 7.29. The molecule has 0 radical (unpaired) electrons. The number of aromatic nitrogens is 1. The highest BCUT2D eigenvalue weighted by molar-refractivity contribution is 6.01. The fourth-order valence-corrected chi connectivity index (χ4v) is 4.53. The summed E-state index contributed by atoms with van der Waals surface area (Å²) in [5, 5.41) is 1.19. The number of rotatable bonds is 3. The van der Waals surface area contributed by atoms with Crippen molar-refractivity contribution >= 4 is 16.8 Å². The minimum atomic E-state index is -0.0564. The zero-order valence-corrected chi connectivity index (χ0v) is 14.9. The lowest BCUT2D eigenvalue weighted by molar-refractivity contribution is 0.0500. The predicted molar refractivity (Wildman–Crippen MR) is 101 cm³/mol. The van der Waals surface area contributed by atoms with E-state index in [0.717, 1.165) is 41.8 Å². The van der Waals surface area contributed by atoms with Gasteiger partial charge in [0.15, 0.2) is 0 Å². The monoisotopic (exact) mass is 346 g/mol. The number of H-pyrrole nitrogens is 1. The minimum absolute atomic E-state index is 0.0564. The van der Waals surface area contributed by atoms with Crippen LogP contribution in [0, 0.1) is 6.92 Å². The van der Waals surface area contributed by atoms with Gasteiger partial charge in [-0.2, -0.15) is 0 Å². The Hall–Kier alpha value is -2.59. The highest BCUT2D eigenvalue weighted by Crippen LogP contribution is 2.43. The Balaban J connectivity index is 1.67. The van der Waals surface area contributed by atoms with Gasteiger partial charge in [0.25, 0.3) is 5.91 Å². The molecule has 2 atom stereocenters. The number of carbonyl (C=O) groups is 1. The van der Waals surface area contributed by atoms with E-state index in [1.807, 2.05) is 29.2 Å². The van der Waals surface area contributed by atoms with Crippen LogP contribution in [0.4, 0.5) is 0 Å². The van der Waals surface area contributed by atoms with Crippen molar-refractivity contribution in [3.63, 3.8) is 0 Å². The summed E-state index contributed by atoms with van der Waals surface area (Å²) in [4.78, 5) is 18.7. The largest absolute Gasteiger partial charge is 0.376 e. The molecule has 0 unspecified atom stereocenters. The van der Waals surface area contributed by atoms with Crippen LogP contribution in [0.5, 0.6) is 0 Å². The zero-order valence-electron chi connectivity index (χ0n) is 14.9. The Morgan fingerprint density at radius 1 is 1.15 bits per heavy atom. The average molecular weight is 346 g/mol. The number of aromatic amines is 1. The molecule has 5 rings (SSSR count). The molecule has 0 spiro atoms. The fourth-order valence-electron chi connectivity index (χ4n) is 4.53. The smallest absolute Gasteiger partial charge is 0.255 e. The molecule has 3 heterocycles. The lowest BCUT2D eigenvalue weighted by atomic mass is 9.95. The van der Waals surface area contributed by atoms with Crippen molar-refractivity contribution in [1.82, 2.24) is 9.88 Å². The zero-order chi connectivity index (χ0) is 17.7. The first-order valence-corrected chi connectivity index (χ1v) is 9.33. The molecule has 1 fully saturated rings. The van der Waals surface area contributed by atoms with Gasteiger partial charge in [-0.05, 0) is 37.5 Å². The Morgan fingerprint density at radius 2 is 1.96 bits per heavy atom. The van der Waals surface area contributed by atoms with Crippen molar-refractivity contribution < 1.29 is 9.53 Å². The molecule has 1 amide bonds. The van der Waals surface area contributed by atoms with Gasteiger partial charge >= 0.3 is 0 Å². The molecular weight excluding hydrogens is 324 g/mol. The molecule has 1 aromatic heterocycles. The lowest BCUT2D eigenvalue weighted by Crippen LogP contribution is -2.35. The van der Waals surface area contributed by atoms with Crippen molar-refractivity contribution in [2.75, 3.05) is 13.2 Å². The van der Waals surface area contributed by atoms with Crippen LogP contribution in [0.25, 0.3) is 10.9 Å². The van der Waals surface area contributed by atoms with E-state index in [9.17, 15) is 4.79 Å². The summed E-state index contributed by atoms with van der Waals surface area (Å²) in [5.41, 5.74) is 5.37. The summed E-state index contributed by atoms with van der Waals surface area (Å²) in [6.07, 6.45) is 2.25.